The summed E-state index contributed by atoms with van der Waals surface area (Å²) in [6.45, 7) is 0. The van der Waals surface area contributed by atoms with E-state index >= 15 is 0 Å². The lowest BCUT2D eigenvalue weighted by atomic mass is 9.90. The van der Waals surface area contributed by atoms with Gasteiger partial charge in [0.25, 0.3) is 0 Å². The molecular formula is C18H15N3O3. The Hall–Kier alpha value is -3.02. The Morgan fingerprint density at radius 1 is 1.17 bits per heavy atom. The van der Waals surface area contributed by atoms with Crippen molar-refractivity contribution in [3.05, 3.63) is 63.5 Å². The number of benzene rings is 1. The molecule has 0 unspecified atom stereocenters. The van der Waals surface area contributed by atoms with E-state index in [1.165, 1.54) is 28.0 Å². The third-order valence-electron chi connectivity index (χ3n) is 4.60. The van der Waals surface area contributed by atoms with E-state index in [2.05, 4.69) is 17.1 Å². The lowest BCUT2D eigenvalue weighted by Crippen LogP contribution is -2.02. The Kier molecular flexibility index (Phi) is 3.37. The molecule has 120 valence electrons. The lowest BCUT2D eigenvalue weighted by molar-refractivity contribution is -0.383. The molecule has 0 atom stereocenters. The molecule has 1 aliphatic rings. The van der Waals surface area contributed by atoms with Crippen LogP contribution in [-0.4, -0.2) is 20.6 Å². The van der Waals surface area contributed by atoms with E-state index in [0.717, 1.165) is 24.8 Å². The fourth-order valence-electron chi connectivity index (χ4n) is 3.42. The molecule has 0 saturated carbocycles. The van der Waals surface area contributed by atoms with Crippen LogP contribution in [0.15, 0.2) is 36.5 Å². The molecule has 0 aliphatic heterocycles. The molecule has 2 heterocycles. The van der Waals surface area contributed by atoms with Crippen LogP contribution >= 0.6 is 0 Å². The van der Waals surface area contributed by atoms with Gasteiger partial charge in [0.15, 0.2) is 6.29 Å². The summed E-state index contributed by atoms with van der Waals surface area (Å²) in [5, 5.41) is 11.2. The predicted octanol–water partition coefficient (Wildman–Crippen LogP) is 3.60. The summed E-state index contributed by atoms with van der Waals surface area (Å²) in [7, 11) is 0. The Bertz CT molecular complexity index is 975. The third kappa shape index (κ3) is 2.19. The summed E-state index contributed by atoms with van der Waals surface area (Å²) in [4.78, 5) is 26.8. The zero-order valence-corrected chi connectivity index (χ0v) is 12.9. The molecule has 3 aromatic rings. The van der Waals surface area contributed by atoms with E-state index in [-0.39, 0.29) is 11.3 Å². The van der Waals surface area contributed by atoms with Gasteiger partial charge in [0.1, 0.15) is 11.4 Å². The first kappa shape index (κ1) is 14.6. The zero-order valence-electron chi connectivity index (χ0n) is 12.9. The quantitative estimate of drug-likeness (QED) is 0.419. The number of fused-ring (bicyclic) bond motifs is 2. The molecule has 0 N–H and O–H groups in total. The minimum Gasteiger partial charge on any atom is -0.296 e. The minimum absolute atomic E-state index is 0.107. The van der Waals surface area contributed by atoms with Gasteiger partial charge in [0.2, 0.25) is 5.65 Å². The maximum Gasteiger partial charge on any atom is 0.312 e. The molecule has 0 fully saturated rings. The highest BCUT2D eigenvalue weighted by Crippen LogP contribution is 2.31. The number of hydrogen-bond donors (Lipinski definition) is 0. The molecule has 24 heavy (non-hydrogen) atoms. The number of aldehydes is 1. The average molecular weight is 321 g/mol. The van der Waals surface area contributed by atoms with Crippen molar-refractivity contribution in [1.29, 1.82) is 0 Å². The molecule has 6 nitrogen and oxygen atoms in total. The number of aromatic nitrogens is 2. The molecule has 2 aromatic heterocycles. The highest BCUT2D eigenvalue weighted by molar-refractivity contribution is 5.87. The van der Waals surface area contributed by atoms with Crippen molar-refractivity contribution >= 4 is 17.6 Å². The fourth-order valence-corrected chi connectivity index (χ4v) is 3.42. The number of hydrogen-bond acceptors (Lipinski definition) is 4. The molecule has 0 spiro atoms. The van der Waals surface area contributed by atoms with Gasteiger partial charge in [-0.1, -0.05) is 12.1 Å². The van der Waals surface area contributed by atoms with E-state index in [4.69, 9.17) is 0 Å². The summed E-state index contributed by atoms with van der Waals surface area (Å²) in [5.74, 6) is 0. The van der Waals surface area contributed by atoms with Gasteiger partial charge in [-0.2, -0.15) is 0 Å². The van der Waals surface area contributed by atoms with Gasteiger partial charge >= 0.3 is 5.69 Å². The second-order valence-corrected chi connectivity index (χ2v) is 6.00. The summed E-state index contributed by atoms with van der Waals surface area (Å²) < 4.78 is 1.49. The van der Waals surface area contributed by atoms with Crippen molar-refractivity contribution < 1.29 is 9.72 Å². The monoisotopic (exact) mass is 321 g/mol. The van der Waals surface area contributed by atoms with Gasteiger partial charge in [0.05, 0.1) is 4.92 Å². The van der Waals surface area contributed by atoms with Crippen LogP contribution in [0.5, 0.6) is 0 Å². The summed E-state index contributed by atoms with van der Waals surface area (Å²) in [6, 6.07) is 9.04. The number of pyridine rings is 1. The van der Waals surface area contributed by atoms with Crippen LogP contribution in [0.2, 0.25) is 0 Å². The van der Waals surface area contributed by atoms with E-state index < -0.39 is 4.92 Å². The SMILES string of the molecule is O=Cc1c(-c2ccc3c(c2)CCCC3)nc2c([N+](=O)[O-])cccn12. The molecule has 0 bridgehead atoms. The molecule has 1 aromatic carbocycles. The van der Waals surface area contributed by atoms with Gasteiger partial charge in [0, 0.05) is 17.8 Å². The highest BCUT2D eigenvalue weighted by atomic mass is 16.6. The smallest absolute Gasteiger partial charge is 0.296 e. The van der Waals surface area contributed by atoms with Crippen LogP contribution in [-0.2, 0) is 12.8 Å². The zero-order chi connectivity index (χ0) is 16.7. The first-order valence-corrected chi connectivity index (χ1v) is 7.92. The van der Waals surface area contributed by atoms with Crippen LogP contribution < -0.4 is 0 Å². The topological polar surface area (TPSA) is 77.5 Å². The predicted molar refractivity (Wildman–Crippen MR) is 89.3 cm³/mol. The first-order chi connectivity index (χ1) is 11.7. The van der Waals surface area contributed by atoms with Crippen LogP contribution in [0, 0.1) is 10.1 Å². The normalized spacial score (nSPS) is 13.7. The van der Waals surface area contributed by atoms with Crippen LogP contribution in [0.4, 0.5) is 5.69 Å². The van der Waals surface area contributed by atoms with Gasteiger partial charge in [-0.3, -0.25) is 19.3 Å². The van der Waals surface area contributed by atoms with Crippen LogP contribution in [0.25, 0.3) is 16.9 Å². The Morgan fingerprint density at radius 2 is 1.96 bits per heavy atom. The molecule has 1 aliphatic carbocycles. The van der Waals surface area contributed by atoms with Crippen molar-refractivity contribution in [3.63, 3.8) is 0 Å². The van der Waals surface area contributed by atoms with Gasteiger partial charge in [-0.15, -0.1) is 0 Å². The second-order valence-electron chi connectivity index (χ2n) is 6.00. The van der Waals surface area contributed by atoms with Crippen LogP contribution in [0.3, 0.4) is 0 Å². The molecular weight excluding hydrogens is 306 g/mol. The fraction of sp³-hybridized carbons (Fsp3) is 0.222. The molecule has 4 rings (SSSR count). The summed E-state index contributed by atoms with van der Waals surface area (Å²) in [6.07, 6.45) is 6.79. The van der Waals surface area contributed by atoms with E-state index in [1.807, 2.05) is 6.07 Å². The van der Waals surface area contributed by atoms with Gasteiger partial charge < -0.3 is 0 Å². The van der Waals surface area contributed by atoms with Crippen molar-refractivity contribution in [2.45, 2.75) is 25.7 Å². The second kappa shape index (κ2) is 5.56. The standard InChI is InChI=1S/C18H15N3O3/c22-11-16-17(14-8-7-12-4-1-2-5-13(12)10-14)19-18-15(21(23)24)6-3-9-20(16)18/h3,6-11H,1-2,4-5H2. The largest absolute Gasteiger partial charge is 0.312 e. The highest BCUT2D eigenvalue weighted by Gasteiger charge is 2.21. The Labute approximate surface area is 137 Å². The Balaban J connectivity index is 1.95. The summed E-state index contributed by atoms with van der Waals surface area (Å²) in [5.41, 5.74) is 4.37. The third-order valence-corrected chi connectivity index (χ3v) is 4.60. The van der Waals surface area contributed by atoms with E-state index in [1.54, 1.807) is 12.3 Å². The van der Waals surface area contributed by atoms with E-state index in [0.29, 0.717) is 17.7 Å². The number of nitrogens with zero attached hydrogens (tertiary/aromatic N) is 3. The number of carbonyl (C=O) groups excluding carboxylic acids is 1. The van der Waals surface area contributed by atoms with Crippen molar-refractivity contribution in [3.8, 4) is 11.3 Å². The average Bonchev–Trinajstić information content (AvgIpc) is 2.99. The van der Waals surface area contributed by atoms with Crippen molar-refractivity contribution in [2.24, 2.45) is 0 Å². The maximum absolute atomic E-state index is 11.6. The molecule has 0 saturated heterocycles. The van der Waals surface area contributed by atoms with Crippen molar-refractivity contribution in [2.75, 3.05) is 0 Å². The minimum atomic E-state index is -0.479. The van der Waals surface area contributed by atoms with E-state index in [9.17, 15) is 14.9 Å². The Morgan fingerprint density at radius 3 is 2.71 bits per heavy atom. The van der Waals surface area contributed by atoms with Crippen LogP contribution in [0.1, 0.15) is 34.5 Å². The van der Waals surface area contributed by atoms with Crippen molar-refractivity contribution in [1.82, 2.24) is 9.38 Å². The number of carbonyl (C=O) groups is 1. The lowest BCUT2D eigenvalue weighted by Gasteiger charge is -2.16. The molecule has 0 amide bonds. The number of aryl methyl sites for hydroxylation is 2. The molecule has 6 heteroatoms. The maximum atomic E-state index is 11.6. The number of rotatable bonds is 3. The van der Waals surface area contributed by atoms with Gasteiger partial charge in [-0.05, 0) is 48.9 Å². The van der Waals surface area contributed by atoms with Gasteiger partial charge in [-0.25, -0.2) is 4.98 Å². The summed E-state index contributed by atoms with van der Waals surface area (Å²) >= 11 is 0. The number of imidazole rings is 1. The first-order valence-electron chi connectivity index (χ1n) is 7.92. The number of nitro groups is 1. The molecule has 0 radical (unpaired) electrons.